The van der Waals surface area contributed by atoms with Crippen LogP contribution >= 0.6 is 0 Å². The minimum Gasteiger partial charge on any atom is -0.441 e. The minimum atomic E-state index is -0.711. The fourth-order valence-electron chi connectivity index (χ4n) is 3.06. The summed E-state index contributed by atoms with van der Waals surface area (Å²) in [6, 6.07) is 8.85. The zero-order valence-electron chi connectivity index (χ0n) is 19.5. The van der Waals surface area contributed by atoms with Crippen molar-refractivity contribution in [3.63, 3.8) is 0 Å². The zero-order chi connectivity index (χ0) is 23.7. The predicted octanol–water partition coefficient (Wildman–Crippen LogP) is 3.85. The molecular formula is C24H33N3O5. The van der Waals surface area contributed by atoms with Crippen molar-refractivity contribution in [1.29, 1.82) is 0 Å². The van der Waals surface area contributed by atoms with Crippen LogP contribution in [0.1, 0.15) is 63.1 Å². The molecule has 0 aliphatic carbocycles. The maximum absolute atomic E-state index is 12.6. The maximum atomic E-state index is 12.6. The molecule has 0 radical (unpaired) electrons. The highest BCUT2D eigenvalue weighted by Gasteiger charge is 2.26. The second-order valence-corrected chi connectivity index (χ2v) is 9.09. The van der Waals surface area contributed by atoms with Gasteiger partial charge in [-0.3, -0.25) is 18.7 Å². The van der Waals surface area contributed by atoms with Crippen molar-refractivity contribution in [3.05, 3.63) is 64.4 Å². The van der Waals surface area contributed by atoms with E-state index in [9.17, 15) is 14.4 Å². The van der Waals surface area contributed by atoms with Gasteiger partial charge in [-0.05, 0) is 37.3 Å². The molecule has 0 saturated carbocycles. The number of ether oxygens (including phenoxy) is 1. The molecule has 8 heteroatoms. The highest BCUT2D eigenvalue weighted by Crippen LogP contribution is 2.23. The van der Waals surface area contributed by atoms with E-state index in [0.29, 0.717) is 37.2 Å². The first-order chi connectivity index (χ1) is 15.1. The number of nitrogens with zero attached hydrogens (tertiary/aromatic N) is 2. The lowest BCUT2D eigenvalue weighted by molar-refractivity contribution is -0.156. The topological polar surface area (TPSA) is 103 Å². The Bertz CT molecular complexity index is 970. The number of carbonyl (C=O) groups is 2. The van der Waals surface area contributed by atoms with Crippen molar-refractivity contribution in [2.75, 3.05) is 0 Å². The molecule has 1 heterocycles. The highest BCUT2D eigenvalue weighted by molar-refractivity contribution is 5.94. The Balaban J connectivity index is 1.88. The Kier molecular flexibility index (Phi) is 8.99. The number of nitrogens with one attached hydrogen (secondary N) is 1. The van der Waals surface area contributed by atoms with Crippen LogP contribution in [0.15, 0.2) is 51.8 Å². The summed E-state index contributed by atoms with van der Waals surface area (Å²) in [5.74, 6) is -0.948. The number of allylic oxidation sites excluding steroid dienone is 2. The third kappa shape index (κ3) is 8.17. The van der Waals surface area contributed by atoms with E-state index < -0.39 is 12.0 Å². The van der Waals surface area contributed by atoms with Gasteiger partial charge in [0.25, 0.3) is 5.91 Å². The molecule has 2 atom stereocenters. The van der Waals surface area contributed by atoms with E-state index >= 15 is 0 Å². The number of hydrogen-bond acceptors (Lipinski definition) is 6. The first-order valence-electron chi connectivity index (χ1n) is 10.8. The summed E-state index contributed by atoms with van der Waals surface area (Å²) < 4.78 is 11.7. The van der Waals surface area contributed by atoms with Crippen LogP contribution in [0.2, 0.25) is 0 Å². The molecule has 1 amide bonds. The highest BCUT2D eigenvalue weighted by atomic mass is 16.6. The van der Waals surface area contributed by atoms with E-state index in [1.807, 2.05) is 39.0 Å². The number of esters is 1. The Morgan fingerprint density at radius 2 is 1.91 bits per heavy atom. The Labute approximate surface area is 188 Å². The second-order valence-electron chi connectivity index (χ2n) is 9.09. The van der Waals surface area contributed by atoms with Crippen molar-refractivity contribution in [2.24, 2.45) is 11.3 Å². The first kappa shape index (κ1) is 25.1. The third-order valence-corrected chi connectivity index (χ3v) is 4.87. The van der Waals surface area contributed by atoms with E-state index in [1.54, 1.807) is 38.1 Å². The second kappa shape index (κ2) is 11.5. The molecule has 1 aromatic heterocycles. The van der Waals surface area contributed by atoms with Gasteiger partial charge in [-0.15, -0.1) is 0 Å². The molecule has 32 heavy (non-hydrogen) atoms. The van der Waals surface area contributed by atoms with Crippen molar-refractivity contribution in [1.82, 2.24) is 15.0 Å². The average molecular weight is 444 g/mol. The van der Waals surface area contributed by atoms with E-state index in [4.69, 9.17) is 4.74 Å². The normalized spacial score (nSPS) is 13.7. The van der Waals surface area contributed by atoms with Crippen LogP contribution in [0, 0.1) is 18.3 Å². The molecule has 2 rings (SSSR count). The lowest BCUT2D eigenvalue weighted by Crippen LogP contribution is -2.41. The van der Waals surface area contributed by atoms with E-state index in [1.165, 1.54) is 4.57 Å². The molecular weight excluding hydrogens is 410 g/mol. The maximum Gasteiger partial charge on any atom is 0.441 e. The van der Waals surface area contributed by atoms with Crippen LogP contribution in [-0.2, 0) is 16.1 Å². The van der Waals surface area contributed by atoms with Crippen molar-refractivity contribution in [2.45, 2.75) is 66.7 Å². The number of aromatic nitrogens is 2. The molecule has 0 saturated heterocycles. The lowest BCUT2D eigenvalue weighted by atomic mass is 9.91. The van der Waals surface area contributed by atoms with Crippen LogP contribution in [0.3, 0.4) is 0 Å². The van der Waals surface area contributed by atoms with E-state index in [0.717, 1.165) is 0 Å². The zero-order valence-corrected chi connectivity index (χ0v) is 19.5. The monoisotopic (exact) mass is 443 g/mol. The Morgan fingerprint density at radius 3 is 2.50 bits per heavy atom. The van der Waals surface area contributed by atoms with Gasteiger partial charge in [-0.2, -0.15) is 0 Å². The molecule has 8 nitrogen and oxygen atoms in total. The van der Waals surface area contributed by atoms with Crippen LogP contribution in [0.5, 0.6) is 0 Å². The molecule has 174 valence electrons. The van der Waals surface area contributed by atoms with Gasteiger partial charge in [0.2, 0.25) is 0 Å². The van der Waals surface area contributed by atoms with Gasteiger partial charge in [0, 0.05) is 18.5 Å². The number of rotatable bonds is 10. The van der Waals surface area contributed by atoms with Crippen LogP contribution in [-0.4, -0.2) is 27.8 Å². The van der Waals surface area contributed by atoms with Gasteiger partial charge in [-0.25, -0.2) is 4.79 Å². The van der Waals surface area contributed by atoms with Gasteiger partial charge in [0.1, 0.15) is 0 Å². The van der Waals surface area contributed by atoms with Gasteiger partial charge >= 0.3 is 11.7 Å². The standard InChI is InChI=1S/C24H33N3O5/c1-17(12-8-7-11-15-27-18(2)26-32-23(27)30)22(29)31-20(16-24(3,4)5)25-21(28)19-13-9-6-10-14-19/h6-7,9-11,13-14,17,20H,8,12,15-16H2,1-5H3,(H,25,28)/b11-7-. The van der Waals surface area contributed by atoms with Gasteiger partial charge in [0.05, 0.1) is 5.92 Å². The molecule has 0 aliphatic rings. The van der Waals surface area contributed by atoms with Crippen molar-refractivity contribution >= 4 is 11.9 Å². The van der Waals surface area contributed by atoms with Crippen molar-refractivity contribution in [3.8, 4) is 0 Å². The summed E-state index contributed by atoms with van der Waals surface area (Å²) in [4.78, 5) is 36.6. The molecule has 0 bridgehead atoms. The summed E-state index contributed by atoms with van der Waals surface area (Å²) in [5, 5.41) is 6.44. The molecule has 0 fully saturated rings. The van der Waals surface area contributed by atoms with Crippen molar-refractivity contribution < 1.29 is 18.8 Å². The minimum absolute atomic E-state index is 0.140. The molecule has 1 aromatic carbocycles. The number of amides is 1. The summed E-state index contributed by atoms with van der Waals surface area (Å²) in [6.45, 7) is 9.95. The summed E-state index contributed by atoms with van der Waals surface area (Å²) >= 11 is 0. The van der Waals surface area contributed by atoms with Crippen LogP contribution in [0.4, 0.5) is 0 Å². The van der Waals surface area contributed by atoms with Crippen LogP contribution < -0.4 is 11.1 Å². The first-order valence-corrected chi connectivity index (χ1v) is 10.8. The fourth-order valence-corrected chi connectivity index (χ4v) is 3.06. The number of hydrogen-bond donors (Lipinski definition) is 1. The molecule has 2 aromatic rings. The largest absolute Gasteiger partial charge is 0.441 e. The third-order valence-electron chi connectivity index (χ3n) is 4.87. The van der Waals surface area contributed by atoms with Gasteiger partial charge < -0.3 is 10.1 Å². The van der Waals surface area contributed by atoms with E-state index in [-0.39, 0.29) is 23.2 Å². The summed E-state index contributed by atoms with van der Waals surface area (Å²) in [7, 11) is 0. The SMILES string of the molecule is Cc1noc(=O)n1C/C=C\CCC(C)C(=O)OC(CC(C)(C)C)NC(=O)c1ccccc1. The van der Waals surface area contributed by atoms with Crippen LogP contribution in [0.25, 0.3) is 0 Å². The quantitative estimate of drug-likeness (QED) is 0.340. The smallest absolute Gasteiger partial charge is 0.441 e. The molecule has 0 aliphatic heterocycles. The Hall–Kier alpha value is -3.16. The number of benzene rings is 1. The molecule has 2 unspecified atom stereocenters. The van der Waals surface area contributed by atoms with Gasteiger partial charge in [0.15, 0.2) is 12.1 Å². The molecule has 0 spiro atoms. The number of aryl methyl sites for hydroxylation is 1. The van der Waals surface area contributed by atoms with E-state index in [2.05, 4.69) is 15.0 Å². The fraction of sp³-hybridized carbons (Fsp3) is 0.500. The summed E-state index contributed by atoms with van der Waals surface area (Å²) in [6.07, 6.45) is 4.77. The summed E-state index contributed by atoms with van der Waals surface area (Å²) in [5.41, 5.74) is 0.377. The van der Waals surface area contributed by atoms with Gasteiger partial charge in [-0.1, -0.05) is 63.2 Å². The number of carbonyl (C=O) groups excluding carboxylic acids is 2. The Morgan fingerprint density at radius 1 is 1.22 bits per heavy atom. The average Bonchev–Trinajstić information content (AvgIpc) is 3.04. The molecule has 1 N–H and O–H groups in total. The lowest BCUT2D eigenvalue weighted by Gasteiger charge is -2.27. The predicted molar refractivity (Wildman–Crippen MR) is 121 cm³/mol.